The van der Waals surface area contributed by atoms with Gasteiger partial charge in [0.15, 0.2) is 0 Å². The molecule has 2 rings (SSSR count). The molecule has 116 valence electrons. The average Bonchev–Trinajstić information content (AvgIpc) is 2.40. The molecule has 6 heteroatoms. The van der Waals surface area contributed by atoms with Gasteiger partial charge in [0.1, 0.15) is 0 Å². The summed E-state index contributed by atoms with van der Waals surface area (Å²) in [5.41, 5.74) is 0.576. The van der Waals surface area contributed by atoms with Crippen molar-refractivity contribution in [2.45, 2.75) is 39.0 Å². The maximum atomic E-state index is 12.4. The Bertz CT molecular complexity index is 514. The largest absolute Gasteiger partial charge is 0.373 e. The standard InChI is InChI=1S/C15H20Cl2N2O2/c1-9-7-19(8-10(2)21-9)11(3)15(20)18-14-5-4-12(16)6-13(14)17/h4-6,9-11H,7-8H2,1-3H3,(H,18,20)/t9-,10+,11-/m1/s1. The first-order chi connectivity index (χ1) is 9.86. The number of rotatable bonds is 3. The van der Waals surface area contributed by atoms with E-state index in [0.29, 0.717) is 15.7 Å². The van der Waals surface area contributed by atoms with Gasteiger partial charge in [-0.1, -0.05) is 23.2 Å². The average molecular weight is 331 g/mol. The first-order valence-corrected chi connectivity index (χ1v) is 7.78. The van der Waals surface area contributed by atoms with Gasteiger partial charge in [-0.3, -0.25) is 9.69 Å². The lowest BCUT2D eigenvalue weighted by Gasteiger charge is -2.38. The van der Waals surface area contributed by atoms with Crippen molar-refractivity contribution in [1.29, 1.82) is 0 Å². The molecule has 1 N–H and O–H groups in total. The maximum absolute atomic E-state index is 12.4. The summed E-state index contributed by atoms with van der Waals surface area (Å²) in [7, 11) is 0. The molecule has 0 spiro atoms. The van der Waals surface area contributed by atoms with Gasteiger partial charge >= 0.3 is 0 Å². The highest BCUT2D eigenvalue weighted by Gasteiger charge is 2.29. The Balaban J connectivity index is 2.02. The molecule has 1 fully saturated rings. The summed E-state index contributed by atoms with van der Waals surface area (Å²) >= 11 is 11.9. The third kappa shape index (κ3) is 4.33. The van der Waals surface area contributed by atoms with Crippen LogP contribution < -0.4 is 5.32 Å². The van der Waals surface area contributed by atoms with E-state index in [4.69, 9.17) is 27.9 Å². The molecular weight excluding hydrogens is 311 g/mol. The van der Waals surface area contributed by atoms with E-state index in [2.05, 4.69) is 10.2 Å². The van der Waals surface area contributed by atoms with Crippen LogP contribution in [0.1, 0.15) is 20.8 Å². The lowest BCUT2D eigenvalue weighted by Crippen LogP contribution is -2.52. The number of carbonyl (C=O) groups excluding carboxylic acids is 1. The number of morpholine rings is 1. The third-order valence-electron chi connectivity index (χ3n) is 3.56. The lowest BCUT2D eigenvalue weighted by molar-refractivity contribution is -0.126. The number of anilines is 1. The van der Waals surface area contributed by atoms with Crippen molar-refractivity contribution < 1.29 is 9.53 Å². The summed E-state index contributed by atoms with van der Waals surface area (Å²) in [5, 5.41) is 3.83. The first-order valence-electron chi connectivity index (χ1n) is 7.02. The summed E-state index contributed by atoms with van der Waals surface area (Å²) in [6, 6.07) is 4.78. The Kier molecular flexibility index (Phi) is 5.49. The van der Waals surface area contributed by atoms with Crippen LogP contribution in [0.25, 0.3) is 0 Å². The Hall–Kier alpha value is -0.810. The van der Waals surface area contributed by atoms with Crippen LogP contribution >= 0.6 is 23.2 Å². The zero-order valence-electron chi connectivity index (χ0n) is 12.4. The van der Waals surface area contributed by atoms with Crippen molar-refractivity contribution in [3.63, 3.8) is 0 Å². The summed E-state index contributed by atoms with van der Waals surface area (Å²) in [4.78, 5) is 14.5. The van der Waals surface area contributed by atoms with Gasteiger partial charge in [0.05, 0.1) is 29.0 Å². The van der Waals surface area contributed by atoms with Crippen LogP contribution in [0.15, 0.2) is 18.2 Å². The molecular formula is C15H20Cl2N2O2. The molecule has 3 atom stereocenters. The van der Waals surface area contributed by atoms with Crippen LogP contribution in [0.4, 0.5) is 5.69 Å². The molecule has 0 bridgehead atoms. The molecule has 1 aromatic rings. The Morgan fingerprint density at radius 2 is 1.95 bits per heavy atom. The molecule has 0 unspecified atom stereocenters. The van der Waals surface area contributed by atoms with Gasteiger partial charge in [-0.15, -0.1) is 0 Å². The van der Waals surface area contributed by atoms with Crippen LogP contribution in [0.5, 0.6) is 0 Å². The van der Waals surface area contributed by atoms with Crippen molar-refractivity contribution in [1.82, 2.24) is 4.90 Å². The van der Waals surface area contributed by atoms with Crippen molar-refractivity contribution in [2.24, 2.45) is 0 Å². The predicted octanol–water partition coefficient (Wildman–Crippen LogP) is 3.43. The van der Waals surface area contributed by atoms with Gasteiger partial charge in [-0.2, -0.15) is 0 Å². The maximum Gasteiger partial charge on any atom is 0.241 e. The smallest absolute Gasteiger partial charge is 0.241 e. The second-order valence-electron chi connectivity index (χ2n) is 5.50. The van der Waals surface area contributed by atoms with E-state index < -0.39 is 0 Å². The third-order valence-corrected chi connectivity index (χ3v) is 4.11. The molecule has 1 amide bonds. The molecule has 1 aromatic carbocycles. The van der Waals surface area contributed by atoms with E-state index >= 15 is 0 Å². The van der Waals surface area contributed by atoms with E-state index in [1.807, 2.05) is 20.8 Å². The second kappa shape index (κ2) is 6.97. The van der Waals surface area contributed by atoms with Gasteiger partial charge in [-0.25, -0.2) is 0 Å². The summed E-state index contributed by atoms with van der Waals surface area (Å²) in [5.74, 6) is -0.0828. The first kappa shape index (κ1) is 16.6. The minimum atomic E-state index is -0.245. The van der Waals surface area contributed by atoms with E-state index in [9.17, 15) is 4.79 Å². The number of amides is 1. The van der Waals surface area contributed by atoms with Crippen molar-refractivity contribution >= 4 is 34.8 Å². The SMILES string of the molecule is C[C@@H]1CN([C@H](C)C(=O)Nc2ccc(Cl)cc2Cl)C[C@H](C)O1. The molecule has 0 aliphatic carbocycles. The van der Waals surface area contributed by atoms with E-state index in [1.54, 1.807) is 18.2 Å². The molecule has 1 aliphatic heterocycles. The van der Waals surface area contributed by atoms with Gasteiger partial charge in [-0.05, 0) is 39.0 Å². The zero-order valence-corrected chi connectivity index (χ0v) is 13.9. The number of benzene rings is 1. The highest BCUT2D eigenvalue weighted by atomic mass is 35.5. The monoisotopic (exact) mass is 330 g/mol. The second-order valence-corrected chi connectivity index (χ2v) is 6.34. The molecule has 4 nitrogen and oxygen atoms in total. The number of ether oxygens (including phenoxy) is 1. The minimum Gasteiger partial charge on any atom is -0.373 e. The number of nitrogens with one attached hydrogen (secondary N) is 1. The van der Waals surface area contributed by atoms with E-state index in [-0.39, 0.29) is 24.2 Å². The molecule has 1 aliphatic rings. The van der Waals surface area contributed by atoms with E-state index in [1.165, 1.54) is 0 Å². The topological polar surface area (TPSA) is 41.6 Å². The van der Waals surface area contributed by atoms with Crippen LogP contribution in [-0.4, -0.2) is 42.1 Å². The number of hydrogen-bond donors (Lipinski definition) is 1. The highest BCUT2D eigenvalue weighted by Crippen LogP contribution is 2.26. The fourth-order valence-electron chi connectivity index (χ4n) is 2.53. The molecule has 1 heterocycles. The van der Waals surface area contributed by atoms with Crippen LogP contribution in [0, 0.1) is 0 Å². The van der Waals surface area contributed by atoms with Gasteiger partial charge in [0, 0.05) is 18.1 Å². The predicted molar refractivity (Wildman–Crippen MR) is 86.1 cm³/mol. The highest BCUT2D eigenvalue weighted by molar-refractivity contribution is 6.36. The fourth-order valence-corrected chi connectivity index (χ4v) is 2.98. The van der Waals surface area contributed by atoms with Crippen LogP contribution in [0.3, 0.4) is 0 Å². The Morgan fingerprint density at radius 3 is 2.52 bits per heavy atom. The normalized spacial score (nSPS) is 24.6. The van der Waals surface area contributed by atoms with Crippen LogP contribution in [-0.2, 0) is 9.53 Å². The Labute approximate surface area is 135 Å². The number of halogens is 2. The van der Waals surface area contributed by atoms with Crippen LogP contribution in [0.2, 0.25) is 10.0 Å². The minimum absolute atomic E-state index is 0.0828. The zero-order chi connectivity index (χ0) is 15.6. The number of carbonyl (C=O) groups is 1. The number of nitrogens with zero attached hydrogens (tertiary/aromatic N) is 1. The van der Waals surface area contributed by atoms with Gasteiger partial charge in [0.25, 0.3) is 0 Å². The fraction of sp³-hybridized carbons (Fsp3) is 0.533. The Morgan fingerprint density at radius 1 is 1.33 bits per heavy atom. The van der Waals surface area contributed by atoms with Gasteiger partial charge in [0.2, 0.25) is 5.91 Å². The van der Waals surface area contributed by atoms with Crippen molar-refractivity contribution in [3.05, 3.63) is 28.2 Å². The quantitative estimate of drug-likeness (QED) is 0.923. The van der Waals surface area contributed by atoms with E-state index in [0.717, 1.165) is 13.1 Å². The molecule has 1 saturated heterocycles. The molecule has 0 saturated carbocycles. The summed E-state index contributed by atoms with van der Waals surface area (Å²) in [6.45, 7) is 7.41. The summed E-state index contributed by atoms with van der Waals surface area (Å²) < 4.78 is 5.69. The van der Waals surface area contributed by atoms with Gasteiger partial charge < -0.3 is 10.1 Å². The molecule has 0 radical (unpaired) electrons. The lowest BCUT2D eigenvalue weighted by atomic mass is 10.1. The van der Waals surface area contributed by atoms with Crippen molar-refractivity contribution in [2.75, 3.05) is 18.4 Å². The molecule has 0 aromatic heterocycles. The van der Waals surface area contributed by atoms with Crippen molar-refractivity contribution in [3.8, 4) is 0 Å². The number of hydrogen-bond acceptors (Lipinski definition) is 3. The molecule has 21 heavy (non-hydrogen) atoms. The summed E-state index contributed by atoms with van der Waals surface area (Å²) in [6.07, 6.45) is 0.256.